The molecule has 0 bridgehead atoms. The fraction of sp³-hybridized carbons (Fsp3) is 0.500. The smallest absolute Gasteiger partial charge is 0.351 e. The van der Waals surface area contributed by atoms with E-state index >= 15 is 0 Å². The number of nitrogens with one attached hydrogen (secondary N) is 1. The Balaban J connectivity index is 1.70. The summed E-state index contributed by atoms with van der Waals surface area (Å²) in [6.07, 6.45) is -0.544. The van der Waals surface area contributed by atoms with E-state index in [0.717, 1.165) is 12.8 Å². The fourth-order valence-electron chi connectivity index (χ4n) is 2.78. The lowest BCUT2D eigenvalue weighted by molar-refractivity contribution is -0.142. The molecule has 2 aromatic heterocycles. The molecule has 124 valence electrons. The molecular weight excluding hydrogens is 313 g/mol. The SMILES string of the molecule is O=C(NCCn1nc(C(F)(F)F)c2c1CCCC2)c1ccno1. The summed E-state index contributed by atoms with van der Waals surface area (Å²) in [6, 6.07) is 1.41. The minimum atomic E-state index is -4.45. The van der Waals surface area contributed by atoms with Crippen LogP contribution < -0.4 is 5.32 Å². The average molecular weight is 328 g/mol. The van der Waals surface area contributed by atoms with Gasteiger partial charge in [0, 0.05) is 23.9 Å². The summed E-state index contributed by atoms with van der Waals surface area (Å²) in [5.41, 5.74) is 0.122. The van der Waals surface area contributed by atoms with Crippen LogP contribution >= 0.6 is 0 Å². The molecule has 0 saturated carbocycles. The summed E-state index contributed by atoms with van der Waals surface area (Å²) in [6.45, 7) is 0.337. The molecule has 1 aliphatic rings. The largest absolute Gasteiger partial charge is 0.435 e. The highest BCUT2D eigenvalue weighted by Crippen LogP contribution is 2.35. The van der Waals surface area contributed by atoms with Gasteiger partial charge >= 0.3 is 6.18 Å². The lowest BCUT2D eigenvalue weighted by Gasteiger charge is -2.14. The number of hydrogen-bond acceptors (Lipinski definition) is 4. The van der Waals surface area contributed by atoms with E-state index in [1.54, 1.807) is 0 Å². The number of halogens is 3. The zero-order valence-electron chi connectivity index (χ0n) is 12.2. The molecule has 3 rings (SSSR count). The third kappa shape index (κ3) is 3.22. The van der Waals surface area contributed by atoms with Gasteiger partial charge in [0.15, 0.2) is 5.69 Å². The summed E-state index contributed by atoms with van der Waals surface area (Å²) in [4.78, 5) is 11.7. The van der Waals surface area contributed by atoms with E-state index in [1.807, 2.05) is 0 Å². The topological polar surface area (TPSA) is 73.0 Å². The van der Waals surface area contributed by atoms with Crippen molar-refractivity contribution in [2.45, 2.75) is 38.4 Å². The zero-order valence-corrected chi connectivity index (χ0v) is 12.2. The van der Waals surface area contributed by atoms with Crippen LogP contribution in [0.3, 0.4) is 0 Å². The van der Waals surface area contributed by atoms with Gasteiger partial charge in [-0.15, -0.1) is 0 Å². The van der Waals surface area contributed by atoms with Crippen molar-refractivity contribution >= 4 is 5.91 Å². The van der Waals surface area contributed by atoms with Gasteiger partial charge < -0.3 is 9.84 Å². The van der Waals surface area contributed by atoms with Gasteiger partial charge in [0.25, 0.3) is 5.91 Å². The third-order valence-corrected chi connectivity index (χ3v) is 3.80. The minimum Gasteiger partial charge on any atom is -0.351 e. The number of rotatable bonds is 4. The van der Waals surface area contributed by atoms with Crippen LogP contribution in [0.2, 0.25) is 0 Å². The molecule has 2 heterocycles. The summed E-state index contributed by atoms with van der Waals surface area (Å²) >= 11 is 0. The number of aromatic nitrogens is 3. The van der Waals surface area contributed by atoms with Crippen molar-refractivity contribution in [1.82, 2.24) is 20.3 Å². The maximum atomic E-state index is 13.1. The van der Waals surface area contributed by atoms with E-state index in [-0.39, 0.29) is 18.8 Å². The zero-order chi connectivity index (χ0) is 16.4. The lowest BCUT2D eigenvalue weighted by Crippen LogP contribution is -2.28. The quantitative estimate of drug-likeness (QED) is 0.934. The Bertz CT molecular complexity index is 692. The molecule has 9 heteroatoms. The molecule has 1 aliphatic carbocycles. The summed E-state index contributed by atoms with van der Waals surface area (Å²) in [7, 11) is 0. The Labute approximate surface area is 129 Å². The van der Waals surface area contributed by atoms with Crippen molar-refractivity contribution in [3.63, 3.8) is 0 Å². The first-order valence-corrected chi connectivity index (χ1v) is 7.31. The number of hydrogen-bond donors (Lipinski definition) is 1. The van der Waals surface area contributed by atoms with Crippen molar-refractivity contribution in [2.24, 2.45) is 0 Å². The van der Waals surface area contributed by atoms with E-state index in [1.165, 1.54) is 16.9 Å². The molecule has 0 aliphatic heterocycles. The first-order valence-electron chi connectivity index (χ1n) is 7.31. The van der Waals surface area contributed by atoms with Crippen LogP contribution in [0.5, 0.6) is 0 Å². The van der Waals surface area contributed by atoms with Crippen molar-refractivity contribution in [3.05, 3.63) is 35.0 Å². The Morgan fingerprint density at radius 1 is 1.35 bits per heavy atom. The Kier molecular flexibility index (Phi) is 4.10. The van der Waals surface area contributed by atoms with Crippen molar-refractivity contribution in [2.75, 3.05) is 6.54 Å². The maximum Gasteiger partial charge on any atom is 0.435 e. The van der Waals surface area contributed by atoms with Gasteiger partial charge in [-0.05, 0) is 25.7 Å². The number of fused-ring (bicyclic) bond motifs is 1. The molecule has 2 aromatic rings. The van der Waals surface area contributed by atoms with Gasteiger partial charge in [-0.1, -0.05) is 5.16 Å². The van der Waals surface area contributed by atoms with Gasteiger partial charge in [0.1, 0.15) is 0 Å². The second kappa shape index (κ2) is 6.05. The van der Waals surface area contributed by atoms with Gasteiger partial charge in [-0.3, -0.25) is 9.48 Å². The predicted molar refractivity (Wildman–Crippen MR) is 72.7 cm³/mol. The van der Waals surface area contributed by atoms with Crippen LogP contribution in [0, 0.1) is 0 Å². The Morgan fingerprint density at radius 3 is 2.83 bits per heavy atom. The molecule has 0 saturated heterocycles. The second-order valence-electron chi connectivity index (χ2n) is 5.33. The maximum absolute atomic E-state index is 13.1. The molecule has 1 N–H and O–H groups in total. The molecule has 1 amide bonds. The number of carbonyl (C=O) groups excluding carboxylic acids is 1. The van der Waals surface area contributed by atoms with Crippen molar-refractivity contribution in [3.8, 4) is 0 Å². The molecular formula is C14H15F3N4O2. The number of amides is 1. The lowest BCUT2D eigenvalue weighted by atomic mass is 9.95. The molecule has 0 aromatic carbocycles. The third-order valence-electron chi connectivity index (χ3n) is 3.80. The summed E-state index contributed by atoms with van der Waals surface area (Å²) in [5, 5.41) is 9.72. The van der Waals surface area contributed by atoms with Crippen molar-refractivity contribution < 1.29 is 22.5 Å². The van der Waals surface area contributed by atoms with Crippen LogP contribution in [-0.4, -0.2) is 27.4 Å². The molecule has 23 heavy (non-hydrogen) atoms. The first-order chi connectivity index (χ1) is 11.0. The molecule has 0 spiro atoms. The normalized spacial score (nSPS) is 14.6. The monoisotopic (exact) mass is 328 g/mol. The van der Waals surface area contributed by atoms with E-state index in [0.29, 0.717) is 24.1 Å². The highest BCUT2D eigenvalue weighted by molar-refractivity contribution is 5.91. The van der Waals surface area contributed by atoms with Crippen LogP contribution in [-0.2, 0) is 25.6 Å². The molecule has 6 nitrogen and oxygen atoms in total. The van der Waals surface area contributed by atoms with Gasteiger partial charge in [0.05, 0.1) is 12.7 Å². The molecule has 0 fully saturated rings. The van der Waals surface area contributed by atoms with Gasteiger partial charge in [-0.25, -0.2) is 0 Å². The van der Waals surface area contributed by atoms with Crippen LogP contribution in [0.25, 0.3) is 0 Å². The number of alkyl halides is 3. The average Bonchev–Trinajstić information content (AvgIpc) is 3.14. The van der Waals surface area contributed by atoms with Crippen LogP contribution in [0.15, 0.2) is 16.8 Å². The standard InChI is InChI=1S/C14H15F3N4O2/c15-14(16,17)12-9-3-1-2-4-10(9)21(20-12)8-7-18-13(22)11-5-6-19-23-11/h5-6H,1-4,7-8H2,(H,18,22). The van der Waals surface area contributed by atoms with Crippen LogP contribution in [0.4, 0.5) is 13.2 Å². The van der Waals surface area contributed by atoms with Crippen LogP contribution in [0.1, 0.15) is 40.3 Å². The molecule has 0 atom stereocenters. The number of carbonyl (C=O) groups is 1. The predicted octanol–water partition coefficient (Wildman–Crippen LogP) is 2.20. The number of nitrogens with zero attached hydrogens (tertiary/aromatic N) is 3. The van der Waals surface area contributed by atoms with Crippen molar-refractivity contribution in [1.29, 1.82) is 0 Å². The molecule has 0 unspecified atom stereocenters. The van der Waals surface area contributed by atoms with E-state index < -0.39 is 17.8 Å². The Hall–Kier alpha value is -2.32. The van der Waals surface area contributed by atoms with Gasteiger partial charge in [-0.2, -0.15) is 18.3 Å². The highest BCUT2D eigenvalue weighted by atomic mass is 19.4. The van der Waals surface area contributed by atoms with E-state index in [2.05, 4.69) is 15.6 Å². The van der Waals surface area contributed by atoms with Gasteiger partial charge in [0.2, 0.25) is 5.76 Å². The summed E-state index contributed by atoms with van der Waals surface area (Å²) in [5.74, 6) is -0.400. The highest BCUT2D eigenvalue weighted by Gasteiger charge is 2.39. The second-order valence-corrected chi connectivity index (χ2v) is 5.33. The fourth-order valence-corrected chi connectivity index (χ4v) is 2.78. The first kappa shape index (κ1) is 15.6. The molecule has 0 radical (unpaired) electrons. The minimum absolute atomic E-state index is 0.0588. The van der Waals surface area contributed by atoms with E-state index in [9.17, 15) is 18.0 Å². The van der Waals surface area contributed by atoms with E-state index in [4.69, 9.17) is 4.52 Å². The summed E-state index contributed by atoms with van der Waals surface area (Å²) < 4.78 is 45.2. The Morgan fingerprint density at radius 2 is 2.13 bits per heavy atom.